The lowest BCUT2D eigenvalue weighted by molar-refractivity contribution is -0.149. The summed E-state index contributed by atoms with van der Waals surface area (Å²) in [5, 5.41) is 14.8. The van der Waals surface area contributed by atoms with Gasteiger partial charge in [0.2, 0.25) is 0 Å². The molecule has 0 aliphatic heterocycles. The predicted octanol–water partition coefficient (Wildman–Crippen LogP) is 4.21. The number of nitrogens with zero attached hydrogens (tertiary/aromatic N) is 1. The Morgan fingerprint density at radius 3 is 2.70 bits per heavy atom. The summed E-state index contributed by atoms with van der Waals surface area (Å²) in [7, 11) is 0. The summed E-state index contributed by atoms with van der Waals surface area (Å²) in [6, 6.07) is 15.6. The molecule has 1 aliphatic carbocycles. The normalized spacial score (nSPS) is 12.6. The van der Waals surface area contributed by atoms with E-state index >= 15 is 0 Å². The van der Waals surface area contributed by atoms with Crippen molar-refractivity contribution in [3.8, 4) is 11.8 Å². The number of amides is 1. The van der Waals surface area contributed by atoms with Crippen molar-refractivity contribution in [1.82, 2.24) is 0 Å². The van der Waals surface area contributed by atoms with Crippen LogP contribution in [0.3, 0.4) is 0 Å². The molecule has 152 valence electrons. The predicted molar refractivity (Wildman–Crippen MR) is 115 cm³/mol. The first-order valence-electron chi connectivity index (χ1n) is 9.76. The Morgan fingerprint density at radius 2 is 1.87 bits per heavy atom. The van der Waals surface area contributed by atoms with Crippen LogP contribution in [0.5, 0.6) is 5.75 Å². The van der Waals surface area contributed by atoms with Gasteiger partial charge in [0.1, 0.15) is 16.8 Å². The van der Waals surface area contributed by atoms with E-state index in [0.29, 0.717) is 16.3 Å². The minimum atomic E-state index is -0.635. The summed E-state index contributed by atoms with van der Waals surface area (Å²) >= 11 is 1.44. The second-order valence-corrected chi connectivity index (χ2v) is 8.14. The number of hydrogen-bond acceptors (Lipinski definition) is 6. The third-order valence-electron chi connectivity index (χ3n) is 4.98. The topological polar surface area (TPSA) is 88.4 Å². The Labute approximate surface area is 178 Å². The van der Waals surface area contributed by atoms with Crippen molar-refractivity contribution in [2.45, 2.75) is 25.7 Å². The summed E-state index contributed by atoms with van der Waals surface area (Å²) in [5.74, 6) is -0.550. The first-order valence-corrected chi connectivity index (χ1v) is 10.6. The maximum absolute atomic E-state index is 12.2. The summed E-state index contributed by atoms with van der Waals surface area (Å²) in [4.78, 5) is 25.3. The Morgan fingerprint density at radius 1 is 1.07 bits per heavy atom. The van der Waals surface area contributed by atoms with E-state index in [1.165, 1.54) is 11.3 Å². The molecule has 0 unspecified atom stereocenters. The second kappa shape index (κ2) is 8.97. The van der Waals surface area contributed by atoms with Crippen LogP contribution in [-0.4, -0.2) is 25.1 Å². The van der Waals surface area contributed by atoms with Crippen molar-refractivity contribution in [2.24, 2.45) is 0 Å². The van der Waals surface area contributed by atoms with E-state index in [-0.39, 0.29) is 6.61 Å². The molecule has 1 amide bonds. The summed E-state index contributed by atoms with van der Waals surface area (Å²) in [6.07, 6.45) is 3.96. The number of ether oxygens (including phenoxy) is 2. The van der Waals surface area contributed by atoms with E-state index in [1.54, 1.807) is 6.07 Å². The first kappa shape index (κ1) is 19.9. The molecule has 1 aromatic heterocycles. The van der Waals surface area contributed by atoms with Gasteiger partial charge in [-0.2, -0.15) is 5.26 Å². The number of nitriles is 1. The minimum Gasteiger partial charge on any atom is -0.482 e. The summed E-state index contributed by atoms with van der Waals surface area (Å²) in [5.41, 5.74) is 1.58. The highest BCUT2D eigenvalue weighted by molar-refractivity contribution is 7.16. The molecule has 30 heavy (non-hydrogen) atoms. The van der Waals surface area contributed by atoms with Crippen LogP contribution in [0, 0.1) is 11.3 Å². The summed E-state index contributed by atoms with van der Waals surface area (Å²) in [6.45, 7) is -0.713. The van der Waals surface area contributed by atoms with Gasteiger partial charge in [0.15, 0.2) is 13.2 Å². The van der Waals surface area contributed by atoms with Gasteiger partial charge < -0.3 is 14.8 Å². The average molecular weight is 420 g/mol. The van der Waals surface area contributed by atoms with Crippen molar-refractivity contribution in [3.05, 3.63) is 58.5 Å². The number of benzene rings is 2. The molecule has 0 spiro atoms. The van der Waals surface area contributed by atoms with Gasteiger partial charge in [0.05, 0.1) is 5.56 Å². The maximum Gasteiger partial charge on any atom is 0.344 e. The fourth-order valence-corrected chi connectivity index (χ4v) is 4.78. The smallest absolute Gasteiger partial charge is 0.344 e. The van der Waals surface area contributed by atoms with Gasteiger partial charge >= 0.3 is 5.97 Å². The van der Waals surface area contributed by atoms with Crippen LogP contribution in [0.15, 0.2) is 42.5 Å². The zero-order chi connectivity index (χ0) is 20.9. The molecule has 7 heteroatoms. The number of nitrogens with one attached hydrogen (secondary N) is 1. The standard InChI is InChI=1S/C23H20N2O4S/c24-12-19-18-7-3-4-8-20(18)30-23(19)25-21(26)13-29-22(27)14-28-17-10-9-15-5-1-2-6-16(15)11-17/h1-2,5-6,9-11H,3-4,7-8,13-14H2,(H,25,26). The number of aryl methyl sites for hydroxylation is 1. The molecule has 0 bridgehead atoms. The Balaban J connectivity index is 1.28. The van der Waals surface area contributed by atoms with Gasteiger partial charge in [-0.05, 0) is 54.2 Å². The zero-order valence-electron chi connectivity index (χ0n) is 16.3. The van der Waals surface area contributed by atoms with Crippen LogP contribution in [-0.2, 0) is 27.2 Å². The Kier molecular flexibility index (Phi) is 5.96. The number of thiophene rings is 1. The van der Waals surface area contributed by atoms with Crippen LogP contribution < -0.4 is 10.1 Å². The van der Waals surface area contributed by atoms with Crippen LogP contribution in [0.4, 0.5) is 5.00 Å². The Hall–Kier alpha value is -3.37. The molecule has 0 saturated heterocycles. The quantitative estimate of drug-likeness (QED) is 0.604. The van der Waals surface area contributed by atoms with Gasteiger partial charge in [-0.15, -0.1) is 11.3 Å². The number of fused-ring (bicyclic) bond motifs is 2. The molecule has 1 aliphatic rings. The van der Waals surface area contributed by atoms with Crippen LogP contribution in [0.2, 0.25) is 0 Å². The van der Waals surface area contributed by atoms with Crippen LogP contribution in [0.1, 0.15) is 28.8 Å². The van der Waals surface area contributed by atoms with E-state index in [9.17, 15) is 14.9 Å². The average Bonchev–Trinajstić information content (AvgIpc) is 3.12. The highest BCUT2D eigenvalue weighted by Crippen LogP contribution is 2.37. The van der Waals surface area contributed by atoms with Crippen LogP contribution in [0.25, 0.3) is 10.8 Å². The minimum absolute atomic E-state index is 0.289. The van der Waals surface area contributed by atoms with Gasteiger partial charge in [0, 0.05) is 4.88 Å². The number of anilines is 1. The number of rotatable bonds is 6. The van der Waals surface area contributed by atoms with Gasteiger partial charge in [-0.25, -0.2) is 4.79 Å². The molecule has 0 radical (unpaired) electrons. The lowest BCUT2D eigenvalue weighted by atomic mass is 9.96. The number of esters is 1. The highest BCUT2D eigenvalue weighted by Gasteiger charge is 2.22. The molecular weight excluding hydrogens is 400 g/mol. The number of hydrogen-bond donors (Lipinski definition) is 1. The Bertz CT molecular complexity index is 1150. The lowest BCUT2D eigenvalue weighted by Gasteiger charge is -2.09. The third-order valence-corrected chi connectivity index (χ3v) is 6.19. The van der Waals surface area contributed by atoms with Crippen molar-refractivity contribution in [3.63, 3.8) is 0 Å². The zero-order valence-corrected chi connectivity index (χ0v) is 17.1. The van der Waals surface area contributed by atoms with Crippen molar-refractivity contribution < 1.29 is 19.1 Å². The molecule has 6 nitrogen and oxygen atoms in total. The molecule has 0 saturated carbocycles. The molecule has 1 N–H and O–H groups in total. The molecule has 0 fully saturated rings. The van der Waals surface area contributed by atoms with Gasteiger partial charge in [-0.1, -0.05) is 30.3 Å². The third kappa shape index (κ3) is 4.44. The SMILES string of the molecule is N#Cc1c(NC(=O)COC(=O)COc2ccc3ccccc3c2)sc2c1CCCC2. The van der Waals surface area contributed by atoms with Crippen molar-refractivity contribution >= 4 is 39.0 Å². The van der Waals surface area contributed by atoms with E-state index in [2.05, 4.69) is 11.4 Å². The maximum atomic E-state index is 12.2. The number of carbonyl (C=O) groups excluding carboxylic acids is 2. The molecule has 0 atom stereocenters. The highest BCUT2D eigenvalue weighted by atomic mass is 32.1. The number of carbonyl (C=O) groups is 2. The second-order valence-electron chi connectivity index (χ2n) is 7.03. The van der Waals surface area contributed by atoms with Gasteiger partial charge in [-0.3, -0.25) is 4.79 Å². The van der Waals surface area contributed by atoms with E-state index in [4.69, 9.17) is 9.47 Å². The van der Waals surface area contributed by atoms with Crippen molar-refractivity contribution in [1.29, 1.82) is 5.26 Å². The largest absolute Gasteiger partial charge is 0.482 e. The van der Waals surface area contributed by atoms with Crippen LogP contribution >= 0.6 is 11.3 Å². The fraction of sp³-hybridized carbons (Fsp3) is 0.261. The monoisotopic (exact) mass is 420 g/mol. The molecular formula is C23H20N2O4S. The van der Waals surface area contributed by atoms with Crippen molar-refractivity contribution in [2.75, 3.05) is 18.5 Å². The van der Waals surface area contributed by atoms with E-state index in [0.717, 1.165) is 46.9 Å². The molecule has 4 rings (SSSR count). The van der Waals surface area contributed by atoms with Gasteiger partial charge in [0.25, 0.3) is 5.91 Å². The lowest BCUT2D eigenvalue weighted by Crippen LogP contribution is -2.23. The fourth-order valence-electron chi connectivity index (χ4n) is 3.52. The van der Waals surface area contributed by atoms with E-state index in [1.807, 2.05) is 36.4 Å². The molecule has 3 aromatic rings. The molecule has 2 aromatic carbocycles. The molecule has 1 heterocycles. The first-order chi connectivity index (χ1) is 14.6. The van der Waals surface area contributed by atoms with E-state index < -0.39 is 18.5 Å². The summed E-state index contributed by atoms with van der Waals surface area (Å²) < 4.78 is 10.5.